The highest BCUT2D eigenvalue weighted by atomic mass is 32.2. The zero-order valence-electron chi connectivity index (χ0n) is 13.3. The molecule has 2 saturated heterocycles. The van der Waals surface area contributed by atoms with Gasteiger partial charge in [0.15, 0.2) is 0 Å². The quantitative estimate of drug-likeness (QED) is 0.833. The Morgan fingerprint density at radius 2 is 2.26 bits per heavy atom. The van der Waals surface area contributed by atoms with E-state index < -0.39 is 10.0 Å². The Balaban J connectivity index is 1.95. The lowest BCUT2D eigenvalue weighted by molar-refractivity contribution is 0.0849. The summed E-state index contributed by atoms with van der Waals surface area (Å²) in [4.78, 5) is 12.2. The molecule has 8 heteroatoms. The SMILES string of the molecule is CC[C@@]1(CO)C[C@@H]2CC[C@H]1N2S(=O)(=O)c1csc(C(=O)NC)c1. The van der Waals surface area contributed by atoms with Crippen LogP contribution < -0.4 is 5.32 Å². The Morgan fingerprint density at radius 1 is 1.52 bits per heavy atom. The van der Waals surface area contributed by atoms with Crippen LogP contribution in [0.1, 0.15) is 42.3 Å². The third kappa shape index (κ3) is 2.43. The summed E-state index contributed by atoms with van der Waals surface area (Å²) >= 11 is 1.13. The number of aliphatic hydroxyl groups is 1. The summed E-state index contributed by atoms with van der Waals surface area (Å²) in [5, 5.41) is 13.9. The Labute approximate surface area is 140 Å². The summed E-state index contributed by atoms with van der Waals surface area (Å²) in [5.74, 6) is -0.279. The minimum absolute atomic E-state index is 0.0177. The molecule has 0 unspecified atom stereocenters. The third-order valence-corrected chi connectivity index (χ3v) is 8.43. The van der Waals surface area contributed by atoms with Gasteiger partial charge in [0.05, 0.1) is 16.4 Å². The van der Waals surface area contributed by atoms with Crippen LogP contribution in [-0.4, -0.2) is 49.5 Å². The van der Waals surface area contributed by atoms with Gasteiger partial charge in [-0.25, -0.2) is 8.42 Å². The maximum absolute atomic E-state index is 13.1. The van der Waals surface area contributed by atoms with E-state index >= 15 is 0 Å². The zero-order chi connectivity index (χ0) is 16.8. The maximum Gasteiger partial charge on any atom is 0.261 e. The van der Waals surface area contributed by atoms with Crippen molar-refractivity contribution in [1.29, 1.82) is 0 Å². The van der Waals surface area contributed by atoms with Gasteiger partial charge in [0.1, 0.15) is 0 Å². The van der Waals surface area contributed by atoms with Crippen molar-refractivity contribution >= 4 is 27.3 Å². The second kappa shape index (κ2) is 5.84. The molecule has 1 aromatic rings. The van der Waals surface area contributed by atoms with Crippen molar-refractivity contribution in [2.45, 2.75) is 49.6 Å². The van der Waals surface area contributed by atoms with Crippen LogP contribution in [0.25, 0.3) is 0 Å². The van der Waals surface area contributed by atoms with Crippen LogP contribution in [-0.2, 0) is 10.0 Å². The van der Waals surface area contributed by atoms with Gasteiger partial charge in [-0.05, 0) is 31.7 Å². The molecule has 0 aromatic carbocycles. The summed E-state index contributed by atoms with van der Waals surface area (Å²) in [5.41, 5.74) is -0.324. The van der Waals surface area contributed by atoms with Crippen LogP contribution >= 0.6 is 11.3 Å². The van der Waals surface area contributed by atoms with E-state index in [-0.39, 0.29) is 34.9 Å². The van der Waals surface area contributed by atoms with E-state index in [0.717, 1.165) is 37.0 Å². The van der Waals surface area contributed by atoms with Crippen molar-refractivity contribution in [2.24, 2.45) is 5.41 Å². The normalized spacial score (nSPS) is 30.7. The zero-order valence-corrected chi connectivity index (χ0v) is 14.9. The molecule has 1 aromatic heterocycles. The highest BCUT2D eigenvalue weighted by Gasteiger charge is 2.58. The number of rotatable bonds is 5. The van der Waals surface area contributed by atoms with Gasteiger partial charge in [0.25, 0.3) is 5.91 Å². The summed E-state index contributed by atoms with van der Waals surface area (Å²) in [7, 11) is -2.11. The molecule has 1 amide bonds. The van der Waals surface area contributed by atoms with Gasteiger partial charge < -0.3 is 10.4 Å². The number of hydrogen-bond donors (Lipinski definition) is 2. The average Bonchev–Trinajstić information content (AvgIpc) is 3.26. The smallest absolute Gasteiger partial charge is 0.261 e. The number of amides is 1. The van der Waals surface area contributed by atoms with Crippen molar-refractivity contribution in [1.82, 2.24) is 9.62 Å². The number of sulfonamides is 1. The van der Waals surface area contributed by atoms with Crippen molar-refractivity contribution in [2.75, 3.05) is 13.7 Å². The van der Waals surface area contributed by atoms with Gasteiger partial charge in [-0.15, -0.1) is 11.3 Å². The molecular weight excluding hydrogens is 336 g/mol. The molecule has 0 radical (unpaired) electrons. The molecule has 2 bridgehead atoms. The number of aliphatic hydroxyl groups excluding tert-OH is 1. The fourth-order valence-corrected chi connectivity index (χ4v) is 7.24. The number of nitrogens with zero attached hydrogens (tertiary/aromatic N) is 1. The Hall–Kier alpha value is -0.960. The molecule has 0 spiro atoms. The molecule has 2 fully saturated rings. The first-order valence-corrected chi connectivity index (χ1v) is 10.2. The van der Waals surface area contributed by atoms with E-state index in [4.69, 9.17) is 0 Å². The lowest BCUT2D eigenvalue weighted by Crippen LogP contribution is -2.42. The average molecular weight is 358 g/mol. The number of nitrogens with one attached hydrogen (secondary N) is 1. The molecule has 3 atom stereocenters. The predicted molar refractivity (Wildman–Crippen MR) is 88.0 cm³/mol. The first-order valence-electron chi connectivity index (χ1n) is 7.84. The summed E-state index contributed by atoms with van der Waals surface area (Å²) < 4.78 is 27.7. The standard InChI is InChI=1S/C15H22N2O4S2/c1-3-15(9-18)7-10-4-5-13(15)17(10)23(20,21)11-6-12(22-8-11)14(19)16-2/h6,8,10,13,18H,3-5,7,9H2,1-2H3,(H,16,19)/t10-,13+,15-/m0/s1. The maximum atomic E-state index is 13.1. The van der Waals surface area contributed by atoms with E-state index in [1.807, 2.05) is 6.92 Å². The monoisotopic (exact) mass is 358 g/mol. The minimum Gasteiger partial charge on any atom is -0.396 e. The number of thiophene rings is 1. The fraction of sp³-hybridized carbons (Fsp3) is 0.667. The second-order valence-electron chi connectivity index (χ2n) is 6.39. The Kier molecular flexibility index (Phi) is 4.29. The van der Waals surface area contributed by atoms with Crippen LogP contribution in [0.5, 0.6) is 0 Å². The highest BCUT2D eigenvalue weighted by Crippen LogP contribution is 2.53. The highest BCUT2D eigenvalue weighted by molar-refractivity contribution is 7.89. The topological polar surface area (TPSA) is 86.7 Å². The van der Waals surface area contributed by atoms with E-state index in [9.17, 15) is 18.3 Å². The van der Waals surface area contributed by atoms with Crippen LogP contribution in [0.15, 0.2) is 16.3 Å². The van der Waals surface area contributed by atoms with Crippen molar-refractivity contribution in [3.8, 4) is 0 Å². The first kappa shape index (κ1) is 16.9. The largest absolute Gasteiger partial charge is 0.396 e. The van der Waals surface area contributed by atoms with Gasteiger partial charge >= 0.3 is 0 Å². The molecule has 6 nitrogen and oxygen atoms in total. The van der Waals surface area contributed by atoms with Gasteiger partial charge in [0.2, 0.25) is 10.0 Å². The molecule has 2 aliphatic rings. The van der Waals surface area contributed by atoms with E-state index in [1.165, 1.54) is 18.5 Å². The molecule has 0 saturated carbocycles. The van der Waals surface area contributed by atoms with Crippen LogP contribution in [0, 0.1) is 5.41 Å². The predicted octanol–water partition coefficient (Wildman–Crippen LogP) is 1.42. The van der Waals surface area contributed by atoms with E-state index in [2.05, 4.69) is 5.32 Å². The molecule has 23 heavy (non-hydrogen) atoms. The Bertz CT molecular complexity index is 709. The Morgan fingerprint density at radius 3 is 2.83 bits per heavy atom. The van der Waals surface area contributed by atoms with Crippen LogP contribution in [0.3, 0.4) is 0 Å². The lowest BCUT2D eigenvalue weighted by atomic mass is 9.72. The van der Waals surface area contributed by atoms with Gasteiger partial charge in [-0.1, -0.05) is 6.92 Å². The molecular formula is C15H22N2O4S2. The van der Waals surface area contributed by atoms with Gasteiger partial charge in [0, 0.05) is 29.9 Å². The van der Waals surface area contributed by atoms with E-state index in [1.54, 1.807) is 4.31 Å². The second-order valence-corrected chi connectivity index (χ2v) is 9.14. The number of carbonyl (C=O) groups excluding carboxylic acids is 1. The molecule has 3 rings (SSSR count). The van der Waals surface area contributed by atoms with Crippen LogP contribution in [0.4, 0.5) is 0 Å². The molecule has 3 heterocycles. The molecule has 0 aliphatic carbocycles. The van der Waals surface area contributed by atoms with Crippen molar-refractivity contribution < 1.29 is 18.3 Å². The van der Waals surface area contributed by atoms with Crippen molar-refractivity contribution in [3.63, 3.8) is 0 Å². The fourth-order valence-electron chi connectivity index (χ4n) is 4.08. The van der Waals surface area contributed by atoms with E-state index in [0.29, 0.717) is 4.88 Å². The van der Waals surface area contributed by atoms with Crippen molar-refractivity contribution in [3.05, 3.63) is 16.3 Å². The minimum atomic E-state index is -3.63. The molecule has 2 N–H and O–H groups in total. The number of hydrogen-bond acceptors (Lipinski definition) is 5. The number of carbonyl (C=O) groups is 1. The molecule has 2 aliphatic heterocycles. The summed E-state index contributed by atoms with van der Waals surface area (Å²) in [6, 6.07) is 1.26. The van der Waals surface area contributed by atoms with Crippen LogP contribution in [0.2, 0.25) is 0 Å². The molecule has 128 valence electrons. The van der Waals surface area contributed by atoms with Gasteiger partial charge in [-0.3, -0.25) is 4.79 Å². The summed E-state index contributed by atoms with van der Waals surface area (Å²) in [6.45, 7) is 2.03. The first-order chi connectivity index (χ1) is 10.9. The number of fused-ring (bicyclic) bond motifs is 2. The third-order valence-electron chi connectivity index (χ3n) is 5.41. The lowest BCUT2D eigenvalue weighted by Gasteiger charge is -2.34. The van der Waals surface area contributed by atoms with Gasteiger partial charge in [-0.2, -0.15) is 4.31 Å². The summed E-state index contributed by atoms with van der Waals surface area (Å²) in [6.07, 6.45) is 3.13.